The smallest absolute Gasteiger partial charge is 0.216 e. The quantitative estimate of drug-likeness (QED) is 0.397. The van der Waals surface area contributed by atoms with E-state index in [1.165, 1.54) is 0 Å². The van der Waals surface area contributed by atoms with Gasteiger partial charge in [-0.15, -0.1) is 0 Å². The number of para-hydroxylation sites is 1. The molecule has 0 aliphatic heterocycles. The highest BCUT2D eigenvalue weighted by Gasteiger charge is 2.12. The van der Waals surface area contributed by atoms with E-state index in [0.29, 0.717) is 19.0 Å². The fraction of sp³-hybridized carbons (Fsp3) is 0.409. The molecule has 0 saturated heterocycles. The first-order chi connectivity index (χ1) is 14.3. The van der Waals surface area contributed by atoms with Crippen molar-refractivity contribution in [2.24, 2.45) is 4.99 Å². The van der Waals surface area contributed by atoms with Crippen LogP contribution in [0.3, 0.4) is 0 Å². The molecular formula is C22H32N4O3S. The van der Waals surface area contributed by atoms with Crippen molar-refractivity contribution in [3.8, 4) is 5.75 Å². The maximum absolute atomic E-state index is 12.1. The van der Waals surface area contributed by atoms with Crippen molar-refractivity contribution in [1.82, 2.24) is 15.4 Å². The average molecular weight is 433 g/mol. The highest BCUT2D eigenvalue weighted by atomic mass is 32.2. The molecule has 0 unspecified atom stereocenters. The normalized spacial score (nSPS) is 12.1. The Hall–Kier alpha value is -2.58. The molecule has 164 valence electrons. The van der Waals surface area contributed by atoms with E-state index in [-0.39, 0.29) is 11.8 Å². The summed E-state index contributed by atoms with van der Waals surface area (Å²) in [6.07, 6.45) is 0. The second kappa shape index (κ2) is 11.6. The lowest BCUT2D eigenvalue weighted by Crippen LogP contribution is -2.36. The van der Waals surface area contributed by atoms with E-state index < -0.39 is 10.0 Å². The molecule has 0 aliphatic carbocycles. The number of aliphatic imine (C=N–C) groups is 1. The van der Waals surface area contributed by atoms with Gasteiger partial charge in [0.1, 0.15) is 5.75 Å². The Bertz CT molecular complexity index is 926. The van der Waals surface area contributed by atoms with Crippen LogP contribution in [0.1, 0.15) is 37.5 Å². The summed E-state index contributed by atoms with van der Waals surface area (Å²) < 4.78 is 32.1. The van der Waals surface area contributed by atoms with Gasteiger partial charge in [0, 0.05) is 24.7 Å². The molecule has 0 heterocycles. The van der Waals surface area contributed by atoms with E-state index in [2.05, 4.69) is 20.3 Å². The molecule has 0 fully saturated rings. The number of hydrogen-bond acceptors (Lipinski definition) is 4. The van der Waals surface area contributed by atoms with Crippen LogP contribution in [0, 0.1) is 0 Å². The summed E-state index contributed by atoms with van der Waals surface area (Å²) in [5, 5.41) is 6.55. The zero-order valence-corrected chi connectivity index (χ0v) is 18.9. The van der Waals surface area contributed by atoms with E-state index in [1.807, 2.05) is 69.3 Å². The number of ether oxygens (including phenoxy) is 1. The van der Waals surface area contributed by atoms with Crippen molar-refractivity contribution in [2.75, 3.05) is 13.7 Å². The summed E-state index contributed by atoms with van der Waals surface area (Å²) in [4.78, 5) is 4.62. The lowest BCUT2D eigenvalue weighted by atomic mass is 10.1. The number of benzene rings is 2. The highest BCUT2D eigenvalue weighted by molar-refractivity contribution is 7.88. The number of nitrogens with one attached hydrogen (secondary N) is 3. The lowest BCUT2D eigenvalue weighted by Gasteiger charge is -2.13. The molecule has 0 aliphatic rings. The second-order valence-electron chi connectivity index (χ2n) is 7.21. The summed E-state index contributed by atoms with van der Waals surface area (Å²) in [6.45, 7) is 7.46. The van der Waals surface area contributed by atoms with E-state index >= 15 is 0 Å². The molecule has 2 aromatic rings. The van der Waals surface area contributed by atoms with Crippen molar-refractivity contribution >= 4 is 16.0 Å². The van der Waals surface area contributed by atoms with Gasteiger partial charge >= 0.3 is 0 Å². The molecule has 0 bridgehead atoms. The predicted octanol–water partition coefficient (Wildman–Crippen LogP) is 2.78. The van der Waals surface area contributed by atoms with Gasteiger partial charge in [0.15, 0.2) is 5.96 Å². The summed E-state index contributed by atoms with van der Waals surface area (Å²) >= 11 is 0. The van der Waals surface area contributed by atoms with E-state index in [9.17, 15) is 8.42 Å². The molecule has 8 heteroatoms. The van der Waals surface area contributed by atoms with Crippen molar-refractivity contribution < 1.29 is 13.2 Å². The standard InChI is InChI=1S/C22H32N4O3S/c1-5-23-22(25-15-20-8-6-7-9-21(20)29-4)24-14-18-10-12-19(13-11-18)16-30(27,28)26-17(2)3/h6-13,17,26H,5,14-16H2,1-4H3,(H2,23,24,25). The lowest BCUT2D eigenvalue weighted by molar-refractivity contribution is 0.409. The van der Waals surface area contributed by atoms with Gasteiger partial charge in [0.2, 0.25) is 10.0 Å². The zero-order chi connectivity index (χ0) is 22.0. The maximum Gasteiger partial charge on any atom is 0.216 e. The molecule has 0 amide bonds. The van der Waals surface area contributed by atoms with E-state index in [4.69, 9.17) is 4.74 Å². The van der Waals surface area contributed by atoms with Crippen LogP contribution in [-0.2, 0) is 28.9 Å². The number of hydrogen-bond donors (Lipinski definition) is 3. The molecule has 30 heavy (non-hydrogen) atoms. The Balaban J connectivity index is 1.98. The SMILES string of the molecule is CCNC(=NCc1ccc(CS(=O)(=O)NC(C)C)cc1)NCc1ccccc1OC. The fourth-order valence-electron chi connectivity index (χ4n) is 2.90. The molecule has 0 radical (unpaired) electrons. The number of nitrogens with zero attached hydrogens (tertiary/aromatic N) is 1. The number of methoxy groups -OCH3 is 1. The van der Waals surface area contributed by atoms with Gasteiger partial charge in [0.05, 0.1) is 19.4 Å². The van der Waals surface area contributed by atoms with Gasteiger partial charge in [-0.2, -0.15) is 0 Å². The van der Waals surface area contributed by atoms with Gasteiger partial charge < -0.3 is 15.4 Å². The van der Waals surface area contributed by atoms with Gasteiger partial charge in [-0.05, 0) is 38.0 Å². The van der Waals surface area contributed by atoms with Gasteiger partial charge in [-0.1, -0.05) is 42.5 Å². The maximum atomic E-state index is 12.1. The van der Waals surface area contributed by atoms with Crippen LogP contribution in [0.15, 0.2) is 53.5 Å². The molecule has 2 aromatic carbocycles. The third-order valence-electron chi connectivity index (χ3n) is 4.20. The minimum atomic E-state index is -3.33. The first kappa shape index (κ1) is 23.7. The van der Waals surface area contributed by atoms with E-state index in [1.54, 1.807) is 7.11 Å². The zero-order valence-electron chi connectivity index (χ0n) is 18.1. The Morgan fingerprint density at radius 3 is 2.33 bits per heavy atom. The van der Waals surface area contributed by atoms with Crippen molar-refractivity contribution in [1.29, 1.82) is 0 Å². The third kappa shape index (κ3) is 8.04. The molecule has 7 nitrogen and oxygen atoms in total. The van der Waals surface area contributed by atoms with Crippen LogP contribution >= 0.6 is 0 Å². The van der Waals surface area contributed by atoms with Crippen LogP contribution in [-0.4, -0.2) is 34.1 Å². The van der Waals surface area contributed by atoms with Crippen molar-refractivity contribution in [3.05, 3.63) is 65.2 Å². The highest BCUT2D eigenvalue weighted by Crippen LogP contribution is 2.16. The molecule has 3 N–H and O–H groups in total. The molecule has 0 spiro atoms. The molecular weight excluding hydrogens is 400 g/mol. The summed E-state index contributed by atoms with van der Waals surface area (Å²) in [5.74, 6) is 1.51. The minimum absolute atomic E-state index is 0.0299. The first-order valence-corrected chi connectivity index (χ1v) is 11.7. The van der Waals surface area contributed by atoms with Crippen molar-refractivity contribution in [3.63, 3.8) is 0 Å². The van der Waals surface area contributed by atoms with Crippen LogP contribution < -0.4 is 20.1 Å². The number of guanidine groups is 1. The van der Waals surface area contributed by atoms with Crippen LogP contribution in [0.5, 0.6) is 5.75 Å². The Kier molecular flexibility index (Phi) is 9.14. The number of sulfonamides is 1. The summed E-state index contributed by atoms with van der Waals surface area (Å²) in [5.41, 5.74) is 2.80. The molecule has 2 rings (SSSR count). The van der Waals surface area contributed by atoms with E-state index in [0.717, 1.165) is 29.0 Å². The molecule has 0 atom stereocenters. The van der Waals surface area contributed by atoms with Gasteiger partial charge in [0.25, 0.3) is 0 Å². The second-order valence-corrected chi connectivity index (χ2v) is 8.96. The average Bonchev–Trinajstić information content (AvgIpc) is 2.70. The Morgan fingerprint density at radius 2 is 1.70 bits per heavy atom. The minimum Gasteiger partial charge on any atom is -0.496 e. The van der Waals surface area contributed by atoms with Crippen LogP contribution in [0.2, 0.25) is 0 Å². The Morgan fingerprint density at radius 1 is 1.03 bits per heavy atom. The topological polar surface area (TPSA) is 91.8 Å². The first-order valence-electron chi connectivity index (χ1n) is 10.0. The monoisotopic (exact) mass is 432 g/mol. The van der Waals surface area contributed by atoms with Gasteiger partial charge in [-0.25, -0.2) is 18.1 Å². The third-order valence-corrected chi connectivity index (χ3v) is 5.74. The van der Waals surface area contributed by atoms with Crippen LogP contribution in [0.25, 0.3) is 0 Å². The fourth-order valence-corrected chi connectivity index (χ4v) is 4.33. The van der Waals surface area contributed by atoms with Crippen LogP contribution in [0.4, 0.5) is 0 Å². The summed E-state index contributed by atoms with van der Waals surface area (Å²) in [6, 6.07) is 15.2. The predicted molar refractivity (Wildman–Crippen MR) is 122 cm³/mol. The molecule has 0 aromatic heterocycles. The Labute approximate surface area is 180 Å². The summed E-state index contributed by atoms with van der Waals surface area (Å²) in [7, 11) is -1.67. The van der Waals surface area contributed by atoms with Gasteiger partial charge in [-0.3, -0.25) is 0 Å². The number of rotatable bonds is 10. The van der Waals surface area contributed by atoms with Crippen molar-refractivity contribution in [2.45, 2.75) is 45.7 Å². The molecule has 0 saturated carbocycles. The largest absolute Gasteiger partial charge is 0.496 e.